The summed E-state index contributed by atoms with van der Waals surface area (Å²) in [5.74, 6) is -0.359. The molecule has 3 aromatic carbocycles. The Kier molecular flexibility index (Phi) is 5.58. The van der Waals surface area contributed by atoms with E-state index in [4.69, 9.17) is 0 Å². The first-order valence-electron chi connectivity index (χ1n) is 8.59. The molecule has 0 saturated heterocycles. The number of nitrogens with one attached hydrogen (secondary N) is 1. The number of likely N-dealkylation sites (N-methyl/N-ethyl adjacent to an activating group) is 1. The number of nitrogens with zero attached hydrogens (tertiary/aromatic N) is 1. The molecule has 0 radical (unpaired) electrons. The first-order chi connectivity index (χ1) is 12.9. The Morgan fingerprint density at radius 3 is 2.26 bits per heavy atom. The SMILES string of the molecule is CN([C@@H](C(=O)NCc1ccc2ccccc2c1)c1ccccc1)S(C)(=O)=O. The van der Waals surface area contributed by atoms with E-state index in [1.54, 1.807) is 24.3 Å². The first-order valence-corrected chi connectivity index (χ1v) is 10.4. The topological polar surface area (TPSA) is 66.5 Å². The molecule has 27 heavy (non-hydrogen) atoms. The largest absolute Gasteiger partial charge is 0.350 e. The molecule has 1 N–H and O–H groups in total. The van der Waals surface area contributed by atoms with E-state index in [9.17, 15) is 13.2 Å². The Balaban J connectivity index is 1.81. The molecule has 3 rings (SSSR count). The van der Waals surface area contributed by atoms with E-state index in [0.717, 1.165) is 26.9 Å². The third-order valence-corrected chi connectivity index (χ3v) is 5.79. The molecular weight excluding hydrogens is 360 g/mol. The third kappa shape index (κ3) is 4.53. The minimum Gasteiger partial charge on any atom is -0.350 e. The second kappa shape index (κ2) is 7.90. The van der Waals surface area contributed by atoms with Crippen LogP contribution in [0.1, 0.15) is 17.2 Å². The van der Waals surface area contributed by atoms with Crippen LogP contribution >= 0.6 is 0 Å². The van der Waals surface area contributed by atoms with Crippen LogP contribution in [0, 0.1) is 0 Å². The van der Waals surface area contributed by atoms with Crippen molar-refractivity contribution < 1.29 is 13.2 Å². The molecule has 1 atom stereocenters. The van der Waals surface area contributed by atoms with Gasteiger partial charge in [0.05, 0.1) is 6.26 Å². The number of fused-ring (bicyclic) bond motifs is 1. The zero-order chi connectivity index (χ0) is 19.4. The van der Waals surface area contributed by atoms with Gasteiger partial charge in [-0.25, -0.2) is 8.42 Å². The van der Waals surface area contributed by atoms with Gasteiger partial charge in [0.15, 0.2) is 0 Å². The third-order valence-electron chi connectivity index (χ3n) is 4.53. The van der Waals surface area contributed by atoms with Gasteiger partial charge >= 0.3 is 0 Å². The second-order valence-corrected chi connectivity index (χ2v) is 8.53. The van der Waals surface area contributed by atoms with Crippen LogP contribution in [0.2, 0.25) is 0 Å². The molecule has 0 bridgehead atoms. The summed E-state index contributed by atoms with van der Waals surface area (Å²) in [6.07, 6.45) is 1.10. The van der Waals surface area contributed by atoms with Gasteiger partial charge in [0.1, 0.15) is 6.04 Å². The maximum absolute atomic E-state index is 12.9. The molecule has 0 fully saturated rings. The number of rotatable bonds is 6. The van der Waals surface area contributed by atoms with Crippen molar-refractivity contribution in [2.45, 2.75) is 12.6 Å². The Morgan fingerprint density at radius 2 is 1.59 bits per heavy atom. The van der Waals surface area contributed by atoms with Crippen LogP contribution in [-0.2, 0) is 21.4 Å². The highest BCUT2D eigenvalue weighted by atomic mass is 32.2. The Hall–Kier alpha value is -2.70. The zero-order valence-corrected chi connectivity index (χ0v) is 16.1. The zero-order valence-electron chi connectivity index (χ0n) is 15.3. The van der Waals surface area contributed by atoms with Crippen molar-refractivity contribution >= 4 is 26.7 Å². The fourth-order valence-electron chi connectivity index (χ4n) is 2.99. The van der Waals surface area contributed by atoms with Crippen LogP contribution in [0.4, 0.5) is 0 Å². The van der Waals surface area contributed by atoms with Crippen LogP contribution in [0.5, 0.6) is 0 Å². The van der Waals surface area contributed by atoms with Crippen LogP contribution in [0.15, 0.2) is 72.8 Å². The lowest BCUT2D eigenvalue weighted by molar-refractivity contribution is -0.124. The lowest BCUT2D eigenvalue weighted by Crippen LogP contribution is -2.41. The van der Waals surface area contributed by atoms with Crippen molar-refractivity contribution in [3.05, 3.63) is 83.9 Å². The molecule has 0 aromatic heterocycles. The normalized spacial score (nSPS) is 12.9. The smallest absolute Gasteiger partial charge is 0.243 e. The second-order valence-electron chi connectivity index (χ2n) is 6.49. The van der Waals surface area contributed by atoms with Crippen molar-refractivity contribution in [2.75, 3.05) is 13.3 Å². The van der Waals surface area contributed by atoms with Crippen molar-refractivity contribution in [1.82, 2.24) is 9.62 Å². The fourth-order valence-corrected chi connectivity index (χ4v) is 3.59. The molecule has 0 unspecified atom stereocenters. The van der Waals surface area contributed by atoms with Crippen molar-refractivity contribution in [3.63, 3.8) is 0 Å². The first kappa shape index (κ1) is 19.1. The van der Waals surface area contributed by atoms with Crippen LogP contribution in [0.3, 0.4) is 0 Å². The summed E-state index contributed by atoms with van der Waals surface area (Å²) in [7, 11) is -2.12. The molecule has 0 aliphatic carbocycles. The van der Waals surface area contributed by atoms with Crippen LogP contribution < -0.4 is 5.32 Å². The van der Waals surface area contributed by atoms with Crippen LogP contribution in [0.25, 0.3) is 10.8 Å². The summed E-state index contributed by atoms with van der Waals surface area (Å²) in [5.41, 5.74) is 1.58. The number of sulfonamides is 1. The average molecular weight is 382 g/mol. The molecule has 0 aliphatic heterocycles. The van der Waals surface area contributed by atoms with Gasteiger partial charge in [-0.2, -0.15) is 4.31 Å². The highest BCUT2D eigenvalue weighted by Crippen LogP contribution is 2.22. The monoisotopic (exact) mass is 382 g/mol. The highest BCUT2D eigenvalue weighted by molar-refractivity contribution is 7.88. The predicted molar refractivity (Wildman–Crippen MR) is 108 cm³/mol. The Bertz CT molecular complexity index is 1050. The fraction of sp³-hybridized carbons (Fsp3) is 0.190. The van der Waals surface area contributed by atoms with E-state index in [-0.39, 0.29) is 5.91 Å². The van der Waals surface area contributed by atoms with E-state index in [1.165, 1.54) is 7.05 Å². The maximum Gasteiger partial charge on any atom is 0.243 e. The van der Waals surface area contributed by atoms with Gasteiger partial charge in [0.2, 0.25) is 15.9 Å². The summed E-state index contributed by atoms with van der Waals surface area (Å²) in [5, 5.41) is 5.10. The quantitative estimate of drug-likeness (QED) is 0.712. The van der Waals surface area contributed by atoms with E-state index in [2.05, 4.69) is 5.32 Å². The number of carbonyl (C=O) groups excluding carboxylic acids is 1. The van der Waals surface area contributed by atoms with Gasteiger partial charge in [-0.05, 0) is 28.0 Å². The van der Waals surface area contributed by atoms with E-state index >= 15 is 0 Å². The van der Waals surface area contributed by atoms with Crippen LogP contribution in [-0.4, -0.2) is 31.9 Å². The summed E-state index contributed by atoms with van der Waals surface area (Å²) in [4.78, 5) is 12.9. The molecule has 0 heterocycles. The number of hydrogen-bond acceptors (Lipinski definition) is 3. The van der Waals surface area contributed by atoms with Gasteiger partial charge in [-0.3, -0.25) is 4.79 Å². The molecule has 3 aromatic rings. The van der Waals surface area contributed by atoms with Gasteiger partial charge in [0.25, 0.3) is 0 Å². The van der Waals surface area contributed by atoms with E-state index in [1.807, 2.05) is 48.5 Å². The molecule has 0 spiro atoms. The maximum atomic E-state index is 12.9. The Labute approximate surface area is 159 Å². The number of carbonyl (C=O) groups is 1. The number of benzene rings is 3. The number of amides is 1. The van der Waals surface area contributed by atoms with Gasteiger partial charge in [-0.15, -0.1) is 0 Å². The van der Waals surface area contributed by atoms with Crippen molar-refractivity contribution in [1.29, 1.82) is 0 Å². The molecular formula is C21H22N2O3S. The molecule has 5 nitrogen and oxygen atoms in total. The lowest BCUT2D eigenvalue weighted by atomic mass is 10.1. The summed E-state index contributed by atoms with van der Waals surface area (Å²) < 4.78 is 25.1. The average Bonchev–Trinajstić information content (AvgIpc) is 2.66. The molecule has 1 amide bonds. The van der Waals surface area contributed by atoms with Gasteiger partial charge in [-0.1, -0.05) is 66.7 Å². The van der Waals surface area contributed by atoms with E-state index in [0.29, 0.717) is 12.1 Å². The highest BCUT2D eigenvalue weighted by Gasteiger charge is 2.30. The summed E-state index contributed by atoms with van der Waals surface area (Å²) in [6.45, 7) is 0.324. The number of hydrogen-bond donors (Lipinski definition) is 1. The molecule has 0 aliphatic rings. The molecule has 140 valence electrons. The van der Waals surface area contributed by atoms with Gasteiger partial charge < -0.3 is 5.32 Å². The Morgan fingerprint density at radius 1 is 0.963 bits per heavy atom. The van der Waals surface area contributed by atoms with Gasteiger partial charge in [0, 0.05) is 13.6 Å². The molecule has 0 saturated carbocycles. The predicted octanol–water partition coefficient (Wildman–Crippen LogP) is 3.09. The minimum atomic E-state index is -3.53. The molecule has 6 heteroatoms. The lowest BCUT2D eigenvalue weighted by Gasteiger charge is -2.25. The summed E-state index contributed by atoms with van der Waals surface area (Å²) in [6, 6.07) is 22.0. The van der Waals surface area contributed by atoms with Crippen molar-refractivity contribution in [3.8, 4) is 0 Å². The standard InChI is InChI=1S/C21H22N2O3S/c1-23(27(2,25)26)20(18-9-4-3-5-10-18)21(24)22-15-16-12-13-17-8-6-7-11-19(17)14-16/h3-14,20H,15H2,1-2H3,(H,22,24)/t20-/m1/s1. The minimum absolute atomic E-state index is 0.324. The summed E-state index contributed by atoms with van der Waals surface area (Å²) >= 11 is 0. The van der Waals surface area contributed by atoms with Crippen molar-refractivity contribution in [2.24, 2.45) is 0 Å². The van der Waals surface area contributed by atoms with E-state index < -0.39 is 16.1 Å².